The average molecular weight is 340 g/mol. The van der Waals surface area contributed by atoms with Gasteiger partial charge in [-0.25, -0.2) is 0 Å². The molecule has 25 heavy (non-hydrogen) atoms. The van der Waals surface area contributed by atoms with Crippen LogP contribution in [0.4, 0.5) is 11.4 Å². The number of nitro groups is 1. The summed E-state index contributed by atoms with van der Waals surface area (Å²) in [7, 11) is 0. The third-order valence-corrected chi connectivity index (χ3v) is 4.56. The zero-order valence-electron chi connectivity index (χ0n) is 13.7. The van der Waals surface area contributed by atoms with E-state index in [0.717, 1.165) is 19.3 Å². The molecule has 0 aromatic heterocycles. The normalized spacial score (nSPS) is 20.0. The molecule has 0 aliphatic heterocycles. The molecule has 2 atom stereocenters. The van der Waals surface area contributed by atoms with E-state index in [1.807, 2.05) is 6.07 Å². The van der Waals surface area contributed by atoms with Gasteiger partial charge >= 0.3 is 0 Å². The van der Waals surface area contributed by atoms with Gasteiger partial charge in [-0.15, -0.1) is 0 Å². The van der Waals surface area contributed by atoms with Crippen molar-refractivity contribution in [3.8, 4) is 0 Å². The van der Waals surface area contributed by atoms with Crippen molar-refractivity contribution in [3.63, 3.8) is 0 Å². The highest BCUT2D eigenvalue weighted by Crippen LogP contribution is 2.30. The lowest BCUT2D eigenvalue weighted by molar-refractivity contribution is -0.384. The summed E-state index contributed by atoms with van der Waals surface area (Å²) >= 11 is 0. The Bertz CT molecular complexity index is 776. The number of nitrogens with one attached hydrogen (secondary N) is 1. The Kier molecular flexibility index (Phi) is 5.09. The van der Waals surface area contributed by atoms with E-state index in [9.17, 15) is 20.0 Å². The molecule has 0 radical (unpaired) electrons. The van der Waals surface area contributed by atoms with Crippen molar-refractivity contribution < 1.29 is 14.8 Å². The van der Waals surface area contributed by atoms with Gasteiger partial charge in [0, 0.05) is 17.2 Å². The Morgan fingerprint density at radius 3 is 2.48 bits per heavy atom. The van der Waals surface area contributed by atoms with Gasteiger partial charge in [-0.2, -0.15) is 0 Å². The van der Waals surface area contributed by atoms with Crippen LogP contribution in [0.1, 0.15) is 41.6 Å². The maximum absolute atomic E-state index is 12.5. The molecule has 6 heteroatoms. The Labute approximate surface area is 145 Å². The number of nitro benzene ring substituents is 1. The van der Waals surface area contributed by atoms with Gasteiger partial charge in [0.2, 0.25) is 0 Å². The Balaban J connectivity index is 1.88. The van der Waals surface area contributed by atoms with Crippen molar-refractivity contribution in [2.24, 2.45) is 0 Å². The van der Waals surface area contributed by atoms with Gasteiger partial charge in [0.15, 0.2) is 5.78 Å². The van der Waals surface area contributed by atoms with Gasteiger partial charge in [-0.3, -0.25) is 14.9 Å². The highest BCUT2D eigenvalue weighted by Gasteiger charge is 2.26. The molecule has 1 aliphatic rings. The minimum absolute atomic E-state index is 0.153. The fraction of sp³-hybridized carbons (Fsp3) is 0.316. The molecule has 1 saturated carbocycles. The minimum atomic E-state index is -0.515. The van der Waals surface area contributed by atoms with Crippen molar-refractivity contribution in [1.82, 2.24) is 0 Å². The number of carbonyl (C=O) groups excluding carboxylic acids is 1. The SMILES string of the molecule is O=C(c1ccccc1)c1ccc(N[C@H]2CCCC[C@H]2O)c([N+](=O)[O-])c1. The van der Waals surface area contributed by atoms with Gasteiger partial charge in [-0.1, -0.05) is 43.2 Å². The van der Waals surface area contributed by atoms with Crippen molar-refractivity contribution in [2.75, 3.05) is 5.32 Å². The molecule has 0 spiro atoms. The van der Waals surface area contributed by atoms with Gasteiger partial charge in [0.1, 0.15) is 5.69 Å². The first-order valence-electron chi connectivity index (χ1n) is 8.39. The van der Waals surface area contributed by atoms with Crippen LogP contribution < -0.4 is 5.32 Å². The second-order valence-electron chi connectivity index (χ2n) is 6.29. The number of hydrogen-bond donors (Lipinski definition) is 2. The molecule has 0 saturated heterocycles. The number of carbonyl (C=O) groups is 1. The molecule has 0 heterocycles. The number of aliphatic hydroxyl groups is 1. The summed E-state index contributed by atoms with van der Waals surface area (Å²) in [5.41, 5.74) is 0.938. The molecule has 0 amide bonds. The summed E-state index contributed by atoms with van der Waals surface area (Å²) in [5, 5.41) is 24.6. The summed E-state index contributed by atoms with van der Waals surface area (Å²) < 4.78 is 0. The van der Waals surface area contributed by atoms with Gasteiger partial charge in [-0.05, 0) is 25.0 Å². The van der Waals surface area contributed by atoms with Crippen molar-refractivity contribution >= 4 is 17.2 Å². The number of rotatable bonds is 5. The van der Waals surface area contributed by atoms with Gasteiger partial charge in [0.25, 0.3) is 5.69 Å². The zero-order chi connectivity index (χ0) is 17.8. The van der Waals surface area contributed by atoms with Crippen LogP contribution in [0.2, 0.25) is 0 Å². The van der Waals surface area contributed by atoms with Crippen LogP contribution in [0, 0.1) is 10.1 Å². The lowest BCUT2D eigenvalue weighted by atomic mass is 9.92. The van der Waals surface area contributed by atoms with Crippen LogP contribution in [-0.2, 0) is 0 Å². The molecule has 1 aliphatic carbocycles. The molecule has 3 rings (SSSR count). The Hall–Kier alpha value is -2.73. The summed E-state index contributed by atoms with van der Waals surface area (Å²) in [4.78, 5) is 23.4. The molecule has 2 aromatic rings. The summed E-state index contributed by atoms with van der Waals surface area (Å²) in [6.07, 6.45) is 2.89. The molecular formula is C19H20N2O4. The van der Waals surface area contributed by atoms with Crippen molar-refractivity contribution in [1.29, 1.82) is 0 Å². The first-order valence-corrected chi connectivity index (χ1v) is 8.39. The maximum Gasteiger partial charge on any atom is 0.293 e. The van der Waals surface area contributed by atoms with E-state index in [4.69, 9.17) is 0 Å². The van der Waals surface area contributed by atoms with Gasteiger partial charge < -0.3 is 10.4 Å². The van der Waals surface area contributed by atoms with E-state index in [0.29, 0.717) is 17.7 Å². The van der Waals surface area contributed by atoms with E-state index in [1.165, 1.54) is 6.07 Å². The molecule has 0 bridgehead atoms. The largest absolute Gasteiger partial charge is 0.391 e. The molecule has 6 nitrogen and oxygen atoms in total. The topological polar surface area (TPSA) is 92.5 Å². The van der Waals surface area contributed by atoms with Crippen LogP contribution in [0.5, 0.6) is 0 Å². The fourth-order valence-electron chi connectivity index (χ4n) is 3.18. The number of ketones is 1. The number of benzene rings is 2. The van der Waals surface area contributed by atoms with Crippen LogP contribution in [0.15, 0.2) is 48.5 Å². The fourth-order valence-corrected chi connectivity index (χ4v) is 3.18. The minimum Gasteiger partial charge on any atom is -0.391 e. The predicted octanol–water partition coefficient (Wildman–Crippen LogP) is 3.54. The molecular weight excluding hydrogens is 320 g/mol. The lowest BCUT2D eigenvalue weighted by Gasteiger charge is -2.29. The first-order chi connectivity index (χ1) is 12.1. The van der Waals surface area contributed by atoms with E-state index in [-0.39, 0.29) is 23.1 Å². The van der Waals surface area contributed by atoms with Crippen LogP contribution in [-0.4, -0.2) is 28.0 Å². The highest BCUT2D eigenvalue weighted by atomic mass is 16.6. The van der Waals surface area contributed by atoms with Crippen molar-refractivity contribution in [3.05, 3.63) is 69.8 Å². The molecule has 1 fully saturated rings. The van der Waals surface area contributed by atoms with E-state index in [2.05, 4.69) is 5.32 Å². The Morgan fingerprint density at radius 1 is 1.08 bits per heavy atom. The van der Waals surface area contributed by atoms with E-state index in [1.54, 1.807) is 36.4 Å². The molecule has 2 aromatic carbocycles. The molecule has 0 unspecified atom stereocenters. The number of aliphatic hydroxyl groups excluding tert-OH is 1. The smallest absolute Gasteiger partial charge is 0.293 e. The second kappa shape index (κ2) is 7.44. The monoisotopic (exact) mass is 340 g/mol. The van der Waals surface area contributed by atoms with Crippen LogP contribution in [0.3, 0.4) is 0 Å². The van der Waals surface area contributed by atoms with E-state index < -0.39 is 11.0 Å². The average Bonchev–Trinajstić information content (AvgIpc) is 2.64. The summed E-state index contributed by atoms with van der Waals surface area (Å²) in [6.45, 7) is 0. The standard InChI is InChI=1S/C19H20N2O4/c22-18-9-5-4-8-16(18)20-15-11-10-14(12-17(15)21(24)25)19(23)13-6-2-1-3-7-13/h1-3,6-7,10-12,16,18,20,22H,4-5,8-9H2/t16-,18+/m0/s1. The molecule has 2 N–H and O–H groups in total. The predicted molar refractivity (Wildman–Crippen MR) is 94.9 cm³/mol. The summed E-state index contributed by atoms with van der Waals surface area (Å²) in [6, 6.07) is 12.9. The summed E-state index contributed by atoms with van der Waals surface area (Å²) in [5.74, 6) is -0.257. The maximum atomic E-state index is 12.5. The Morgan fingerprint density at radius 2 is 1.80 bits per heavy atom. The van der Waals surface area contributed by atoms with Crippen LogP contribution in [0.25, 0.3) is 0 Å². The van der Waals surface area contributed by atoms with E-state index >= 15 is 0 Å². The number of hydrogen-bond acceptors (Lipinski definition) is 5. The highest BCUT2D eigenvalue weighted by molar-refractivity contribution is 6.09. The van der Waals surface area contributed by atoms with Gasteiger partial charge in [0.05, 0.1) is 17.1 Å². The number of anilines is 1. The van der Waals surface area contributed by atoms with Crippen molar-refractivity contribution in [2.45, 2.75) is 37.8 Å². The first kappa shape index (κ1) is 17.1. The third-order valence-electron chi connectivity index (χ3n) is 4.56. The third kappa shape index (κ3) is 3.85. The van der Waals surface area contributed by atoms with Crippen LogP contribution >= 0.6 is 0 Å². The quantitative estimate of drug-likeness (QED) is 0.493. The second-order valence-corrected chi connectivity index (χ2v) is 6.29. The lowest BCUT2D eigenvalue weighted by Crippen LogP contribution is -2.36. The number of nitrogens with zero attached hydrogens (tertiary/aromatic N) is 1. The molecule has 130 valence electrons. The zero-order valence-corrected chi connectivity index (χ0v) is 13.7.